The second kappa shape index (κ2) is 3.70. The van der Waals surface area contributed by atoms with Gasteiger partial charge in [0, 0.05) is 23.1 Å². The van der Waals surface area contributed by atoms with Gasteiger partial charge in [0.25, 0.3) is 0 Å². The first kappa shape index (κ1) is 8.44. The molecule has 2 aromatic heterocycles. The first-order valence-electron chi connectivity index (χ1n) is 3.91. The van der Waals surface area contributed by atoms with Gasteiger partial charge in [0.2, 0.25) is 0 Å². The van der Waals surface area contributed by atoms with Gasteiger partial charge in [-0.05, 0) is 28.1 Å². The average molecular weight is 238 g/mol. The molecule has 0 saturated carbocycles. The van der Waals surface area contributed by atoms with Gasteiger partial charge in [-0.25, -0.2) is 4.98 Å². The summed E-state index contributed by atoms with van der Waals surface area (Å²) >= 11 is 3.45. The Hall–Kier alpha value is -1.16. The normalized spacial score (nSPS) is 10.2. The fourth-order valence-electron chi connectivity index (χ4n) is 1.09. The summed E-state index contributed by atoms with van der Waals surface area (Å²) in [5.41, 5.74) is 1.01. The lowest BCUT2D eigenvalue weighted by molar-refractivity contribution is 0.769. The number of imidazole rings is 1. The van der Waals surface area contributed by atoms with E-state index >= 15 is 0 Å². The SMILES string of the molecule is Brc1cccnc1Cn1ccnc1. The highest BCUT2D eigenvalue weighted by atomic mass is 79.9. The van der Waals surface area contributed by atoms with Gasteiger partial charge in [-0.1, -0.05) is 0 Å². The first-order chi connectivity index (χ1) is 6.36. The minimum Gasteiger partial charge on any atom is -0.331 e. The van der Waals surface area contributed by atoms with E-state index in [0.29, 0.717) is 0 Å². The fraction of sp³-hybridized carbons (Fsp3) is 0.111. The molecule has 3 nitrogen and oxygen atoms in total. The summed E-state index contributed by atoms with van der Waals surface area (Å²) in [6.45, 7) is 0.751. The van der Waals surface area contributed by atoms with Gasteiger partial charge in [0.15, 0.2) is 0 Å². The zero-order chi connectivity index (χ0) is 9.10. The van der Waals surface area contributed by atoms with Crippen LogP contribution in [-0.4, -0.2) is 14.5 Å². The largest absolute Gasteiger partial charge is 0.331 e. The van der Waals surface area contributed by atoms with Gasteiger partial charge < -0.3 is 4.57 Å². The number of halogens is 1. The molecule has 0 unspecified atom stereocenters. The minimum atomic E-state index is 0.751. The molecule has 13 heavy (non-hydrogen) atoms. The third-order valence-corrected chi connectivity index (χ3v) is 2.45. The van der Waals surface area contributed by atoms with Gasteiger partial charge in [-0.2, -0.15) is 0 Å². The van der Waals surface area contributed by atoms with Crippen molar-refractivity contribution >= 4 is 15.9 Å². The molecule has 0 aliphatic heterocycles. The molecule has 0 N–H and O–H groups in total. The number of aromatic nitrogens is 3. The summed E-state index contributed by atoms with van der Waals surface area (Å²) in [6, 6.07) is 3.89. The Morgan fingerprint density at radius 1 is 1.38 bits per heavy atom. The zero-order valence-corrected chi connectivity index (χ0v) is 8.48. The number of rotatable bonds is 2. The van der Waals surface area contributed by atoms with Crippen molar-refractivity contribution in [3.63, 3.8) is 0 Å². The quantitative estimate of drug-likeness (QED) is 0.801. The molecule has 66 valence electrons. The average Bonchev–Trinajstić information content (AvgIpc) is 2.61. The monoisotopic (exact) mass is 237 g/mol. The molecule has 0 saturated heterocycles. The molecule has 2 rings (SSSR count). The molecule has 0 amide bonds. The summed E-state index contributed by atoms with van der Waals surface area (Å²) in [7, 11) is 0. The van der Waals surface area contributed by atoms with E-state index < -0.39 is 0 Å². The van der Waals surface area contributed by atoms with Crippen LogP contribution in [0.5, 0.6) is 0 Å². The maximum atomic E-state index is 4.26. The highest BCUT2D eigenvalue weighted by molar-refractivity contribution is 9.10. The second-order valence-corrected chi connectivity index (χ2v) is 3.52. The Kier molecular flexibility index (Phi) is 2.40. The number of hydrogen-bond donors (Lipinski definition) is 0. The van der Waals surface area contributed by atoms with Crippen LogP contribution >= 0.6 is 15.9 Å². The summed E-state index contributed by atoms with van der Waals surface area (Å²) < 4.78 is 3.01. The van der Waals surface area contributed by atoms with Crippen molar-refractivity contribution in [2.24, 2.45) is 0 Å². The van der Waals surface area contributed by atoms with Gasteiger partial charge in [0.1, 0.15) is 0 Å². The van der Waals surface area contributed by atoms with Crippen LogP contribution in [0, 0.1) is 0 Å². The second-order valence-electron chi connectivity index (χ2n) is 2.67. The van der Waals surface area contributed by atoms with Crippen LogP contribution in [0.2, 0.25) is 0 Å². The predicted molar refractivity (Wildman–Crippen MR) is 53.3 cm³/mol. The topological polar surface area (TPSA) is 30.7 Å². The molecule has 0 spiro atoms. The van der Waals surface area contributed by atoms with Crippen LogP contribution in [0.3, 0.4) is 0 Å². The van der Waals surface area contributed by atoms with Gasteiger partial charge in [-0.3, -0.25) is 4.98 Å². The van der Waals surface area contributed by atoms with Crippen molar-refractivity contribution < 1.29 is 0 Å². The zero-order valence-electron chi connectivity index (χ0n) is 6.89. The molecule has 0 bridgehead atoms. The molecule has 2 heterocycles. The van der Waals surface area contributed by atoms with E-state index in [1.54, 1.807) is 18.7 Å². The molecular weight excluding hydrogens is 230 g/mol. The summed E-state index contributed by atoms with van der Waals surface area (Å²) in [4.78, 5) is 8.23. The Morgan fingerprint density at radius 3 is 3.00 bits per heavy atom. The highest BCUT2D eigenvalue weighted by Crippen LogP contribution is 2.13. The lowest BCUT2D eigenvalue weighted by atomic mass is 10.3. The van der Waals surface area contributed by atoms with Crippen LogP contribution in [0.25, 0.3) is 0 Å². The van der Waals surface area contributed by atoms with Gasteiger partial charge >= 0.3 is 0 Å². The number of hydrogen-bond acceptors (Lipinski definition) is 2. The van der Waals surface area contributed by atoms with E-state index in [0.717, 1.165) is 16.7 Å². The number of nitrogens with zero attached hydrogens (tertiary/aromatic N) is 3. The standard InChI is InChI=1S/C9H8BrN3/c10-8-2-1-3-12-9(8)6-13-5-4-11-7-13/h1-5,7H,6H2. The molecular formula is C9H8BrN3. The number of pyridine rings is 1. The van der Waals surface area contributed by atoms with Crippen molar-refractivity contribution in [2.75, 3.05) is 0 Å². The van der Waals surface area contributed by atoms with Crippen molar-refractivity contribution in [1.29, 1.82) is 0 Å². The summed E-state index contributed by atoms with van der Waals surface area (Å²) in [5, 5.41) is 0. The van der Waals surface area contributed by atoms with Crippen LogP contribution in [0.4, 0.5) is 0 Å². The summed E-state index contributed by atoms with van der Waals surface area (Å²) in [5.74, 6) is 0. The molecule has 0 aliphatic rings. The summed E-state index contributed by atoms with van der Waals surface area (Å²) in [6.07, 6.45) is 7.25. The van der Waals surface area contributed by atoms with Crippen LogP contribution in [0.15, 0.2) is 41.5 Å². The fourth-order valence-corrected chi connectivity index (χ4v) is 1.47. The Bertz CT molecular complexity index is 384. The molecule has 0 atom stereocenters. The Labute approximate surface area is 84.6 Å². The van der Waals surface area contributed by atoms with E-state index in [-0.39, 0.29) is 0 Å². The molecule has 0 radical (unpaired) electrons. The molecule has 0 fully saturated rings. The Balaban J connectivity index is 2.24. The van der Waals surface area contributed by atoms with Crippen molar-refractivity contribution in [2.45, 2.75) is 6.54 Å². The predicted octanol–water partition coefficient (Wildman–Crippen LogP) is 2.09. The van der Waals surface area contributed by atoms with E-state index in [9.17, 15) is 0 Å². The lowest BCUT2D eigenvalue weighted by Gasteiger charge is -2.02. The molecule has 4 heteroatoms. The molecule has 0 aromatic carbocycles. The van der Waals surface area contributed by atoms with Gasteiger partial charge in [-0.15, -0.1) is 0 Å². The van der Waals surface area contributed by atoms with Crippen molar-refractivity contribution in [3.05, 3.63) is 47.2 Å². The van der Waals surface area contributed by atoms with Crippen LogP contribution < -0.4 is 0 Å². The Morgan fingerprint density at radius 2 is 2.31 bits per heavy atom. The van der Waals surface area contributed by atoms with E-state index in [2.05, 4.69) is 25.9 Å². The lowest BCUT2D eigenvalue weighted by Crippen LogP contribution is -1.99. The van der Waals surface area contributed by atoms with E-state index in [1.165, 1.54) is 0 Å². The van der Waals surface area contributed by atoms with E-state index in [4.69, 9.17) is 0 Å². The molecule has 0 aliphatic carbocycles. The van der Waals surface area contributed by atoms with Crippen molar-refractivity contribution in [1.82, 2.24) is 14.5 Å². The third kappa shape index (κ3) is 1.95. The third-order valence-electron chi connectivity index (χ3n) is 1.73. The van der Waals surface area contributed by atoms with E-state index in [1.807, 2.05) is 22.9 Å². The first-order valence-corrected chi connectivity index (χ1v) is 4.71. The minimum absolute atomic E-state index is 0.751. The van der Waals surface area contributed by atoms with Gasteiger partial charge in [0.05, 0.1) is 18.6 Å². The highest BCUT2D eigenvalue weighted by Gasteiger charge is 1.99. The smallest absolute Gasteiger partial charge is 0.0949 e. The maximum absolute atomic E-state index is 4.26. The van der Waals surface area contributed by atoms with Crippen LogP contribution in [-0.2, 0) is 6.54 Å². The van der Waals surface area contributed by atoms with Crippen LogP contribution in [0.1, 0.15) is 5.69 Å². The maximum Gasteiger partial charge on any atom is 0.0949 e. The van der Waals surface area contributed by atoms with Crippen molar-refractivity contribution in [3.8, 4) is 0 Å². The molecule has 2 aromatic rings.